The third kappa shape index (κ3) is 8.74. The number of hydrogen-bond acceptors (Lipinski definition) is 4. The van der Waals surface area contributed by atoms with Gasteiger partial charge in [-0.2, -0.15) is 0 Å². The molecule has 170 valence electrons. The molecule has 0 fully saturated rings. The molecule has 0 amide bonds. The minimum Gasteiger partial charge on any atom is -0.497 e. The average Bonchev–Trinajstić information content (AvgIpc) is 2.67. The summed E-state index contributed by atoms with van der Waals surface area (Å²) in [5, 5.41) is 0.197. The molecule has 0 aliphatic heterocycles. The van der Waals surface area contributed by atoms with Crippen LogP contribution in [-0.4, -0.2) is 33.9 Å². The van der Waals surface area contributed by atoms with Gasteiger partial charge < -0.3 is 13.9 Å². The van der Waals surface area contributed by atoms with Crippen LogP contribution >= 0.6 is 0 Å². The highest BCUT2D eigenvalue weighted by molar-refractivity contribution is 6.74. The largest absolute Gasteiger partial charge is 0.497 e. The second-order valence-corrected chi connectivity index (χ2v) is 14.5. The molecule has 0 aromatic heterocycles. The summed E-state index contributed by atoms with van der Waals surface area (Å²) >= 11 is 0. The van der Waals surface area contributed by atoms with Crippen molar-refractivity contribution in [1.82, 2.24) is 0 Å². The van der Waals surface area contributed by atoms with Crippen molar-refractivity contribution in [3.8, 4) is 5.75 Å². The fraction of sp³-hybridized carbons (Fsp3) is 0.640. The summed E-state index contributed by atoms with van der Waals surface area (Å²) in [6.45, 7) is 18.4. The number of ketones is 1. The van der Waals surface area contributed by atoms with Crippen LogP contribution < -0.4 is 4.74 Å². The van der Waals surface area contributed by atoms with Gasteiger partial charge in [-0.25, -0.2) is 0 Å². The molecule has 0 aliphatic carbocycles. The molecule has 0 N–H and O–H groups in total. The Hall–Kier alpha value is -1.43. The van der Waals surface area contributed by atoms with Gasteiger partial charge in [0, 0.05) is 13.0 Å². The summed E-state index contributed by atoms with van der Waals surface area (Å²) in [4.78, 5) is 11.8. The second-order valence-electron chi connectivity index (χ2n) is 9.70. The molecule has 0 saturated carbocycles. The van der Waals surface area contributed by atoms with E-state index in [-0.39, 0.29) is 16.9 Å². The Balaban J connectivity index is 2.83. The van der Waals surface area contributed by atoms with Crippen LogP contribution in [0.3, 0.4) is 0 Å². The number of carbonyl (C=O) groups excluding carboxylic acids is 1. The molecule has 1 aromatic rings. The number of hydrogen-bond donors (Lipinski definition) is 0. The molecule has 0 aliphatic rings. The Kier molecular flexibility index (Phi) is 10.5. The summed E-state index contributed by atoms with van der Waals surface area (Å²) in [6, 6.07) is 7.83. The average molecular weight is 435 g/mol. The predicted molar refractivity (Wildman–Crippen MR) is 128 cm³/mol. The lowest BCUT2D eigenvalue weighted by atomic mass is 9.99. The lowest BCUT2D eigenvalue weighted by molar-refractivity contribution is -0.119. The normalized spacial score (nSPS) is 15.0. The van der Waals surface area contributed by atoms with Crippen LogP contribution in [0.25, 0.3) is 0 Å². The molecule has 0 unspecified atom stereocenters. The summed E-state index contributed by atoms with van der Waals surface area (Å²) in [7, 11) is -0.126. The highest BCUT2D eigenvalue weighted by Gasteiger charge is 2.37. The fourth-order valence-electron chi connectivity index (χ4n) is 2.83. The van der Waals surface area contributed by atoms with E-state index in [0.29, 0.717) is 18.9 Å². The number of ether oxygens (including phenoxy) is 2. The Bertz CT molecular complexity index is 686. The molecule has 5 heteroatoms. The van der Waals surface area contributed by atoms with Crippen molar-refractivity contribution in [2.75, 3.05) is 13.7 Å². The van der Waals surface area contributed by atoms with Crippen molar-refractivity contribution in [2.45, 2.75) is 85.2 Å². The third-order valence-electron chi connectivity index (χ3n) is 6.08. The summed E-state index contributed by atoms with van der Waals surface area (Å²) in [5.74, 6) is 1.27. The van der Waals surface area contributed by atoms with Gasteiger partial charge in [0.05, 0.1) is 19.8 Å². The molecule has 1 rings (SSSR count). The Morgan fingerprint density at radius 1 is 1.13 bits per heavy atom. The van der Waals surface area contributed by atoms with Crippen molar-refractivity contribution in [3.63, 3.8) is 0 Å². The monoisotopic (exact) mass is 434 g/mol. The zero-order chi connectivity index (χ0) is 22.9. The van der Waals surface area contributed by atoms with E-state index in [9.17, 15) is 4.79 Å². The van der Waals surface area contributed by atoms with Crippen LogP contribution in [0.4, 0.5) is 0 Å². The molecule has 0 bridgehead atoms. The van der Waals surface area contributed by atoms with E-state index >= 15 is 0 Å². The van der Waals surface area contributed by atoms with E-state index in [2.05, 4.69) is 53.8 Å². The SMILES string of the molecule is CC[C@H](/C=C(/C)[C@H](CC(C)=O)OCc1ccc(OC)cc1)CO[Si](C)(C)C(C)(C)C. The molecule has 0 spiro atoms. The molecule has 4 nitrogen and oxygen atoms in total. The van der Waals surface area contributed by atoms with E-state index in [1.165, 1.54) is 0 Å². The van der Waals surface area contributed by atoms with Crippen LogP contribution in [0.1, 0.15) is 59.9 Å². The van der Waals surface area contributed by atoms with Gasteiger partial charge in [0.25, 0.3) is 0 Å². The smallest absolute Gasteiger partial charge is 0.192 e. The predicted octanol–water partition coefficient (Wildman–Crippen LogP) is 6.55. The zero-order valence-corrected chi connectivity index (χ0v) is 21.5. The minimum atomic E-state index is -1.78. The highest BCUT2D eigenvalue weighted by atomic mass is 28.4. The van der Waals surface area contributed by atoms with Gasteiger partial charge in [0.15, 0.2) is 8.32 Å². The first kappa shape index (κ1) is 26.6. The molecule has 0 heterocycles. The number of Topliss-reactive ketones (excluding diaryl/α,β-unsaturated/α-hetero) is 1. The Morgan fingerprint density at radius 3 is 2.20 bits per heavy atom. The lowest BCUT2D eigenvalue weighted by Crippen LogP contribution is -2.41. The maximum Gasteiger partial charge on any atom is 0.192 e. The summed E-state index contributed by atoms with van der Waals surface area (Å²) < 4.78 is 17.8. The first-order chi connectivity index (χ1) is 13.9. The number of rotatable bonds is 12. The lowest BCUT2D eigenvalue weighted by Gasteiger charge is -2.37. The molecule has 0 radical (unpaired) electrons. The quantitative estimate of drug-likeness (QED) is 0.276. The van der Waals surface area contributed by atoms with Crippen molar-refractivity contribution in [3.05, 3.63) is 41.5 Å². The van der Waals surface area contributed by atoms with Gasteiger partial charge in [-0.15, -0.1) is 0 Å². The number of benzene rings is 1. The molecule has 2 atom stereocenters. The van der Waals surface area contributed by atoms with Crippen LogP contribution in [0.15, 0.2) is 35.9 Å². The van der Waals surface area contributed by atoms with Gasteiger partial charge in [-0.05, 0) is 67.6 Å². The van der Waals surface area contributed by atoms with E-state index in [1.54, 1.807) is 14.0 Å². The van der Waals surface area contributed by atoms with Gasteiger partial charge in [0.2, 0.25) is 0 Å². The number of carbonyl (C=O) groups is 1. The first-order valence-corrected chi connectivity index (χ1v) is 13.9. The van der Waals surface area contributed by atoms with Crippen molar-refractivity contribution in [1.29, 1.82) is 0 Å². The standard InChI is InChI=1S/C25H42O4Si/c1-10-21(18-29-30(8,9)25(4,5)6)15-19(2)24(16-20(3)26)28-17-22-11-13-23(27-7)14-12-22/h11-15,21,24H,10,16-18H2,1-9H3/b19-15-/t21-,24+/m1/s1. The first-order valence-electron chi connectivity index (χ1n) is 11.0. The number of methoxy groups -OCH3 is 1. The van der Waals surface area contributed by atoms with E-state index < -0.39 is 8.32 Å². The maximum absolute atomic E-state index is 11.8. The van der Waals surface area contributed by atoms with Gasteiger partial charge in [0.1, 0.15) is 11.5 Å². The van der Waals surface area contributed by atoms with Crippen LogP contribution in [-0.2, 0) is 20.6 Å². The van der Waals surface area contributed by atoms with E-state index in [4.69, 9.17) is 13.9 Å². The van der Waals surface area contributed by atoms with E-state index in [1.807, 2.05) is 24.3 Å². The van der Waals surface area contributed by atoms with Gasteiger partial charge >= 0.3 is 0 Å². The van der Waals surface area contributed by atoms with Crippen molar-refractivity contribution < 1.29 is 18.7 Å². The van der Waals surface area contributed by atoms with Crippen molar-refractivity contribution >= 4 is 14.1 Å². The second kappa shape index (κ2) is 11.8. The van der Waals surface area contributed by atoms with Gasteiger partial charge in [-0.1, -0.05) is 45.9 Å². The molecule has 1 aromatic carbocycles. The maximum atomic E-state index is 11.8. The fourth-order valence-corrected chi connectivity index (χ4v) is 3.89. The van der Waals surface area contributed by atoms with E-state index in [0.717, 1.165) is 29.9 Å². The molecule has 30 heavy (non-hydrogen) atoms. The van der Waals surface area contributed by atoms with Gasteiger partial charge in [-0.3, -0.25) is 4.79 Å². The molecular formula is C25H42O4Si. The van der Waals surface area contributed by atoms with Crippen LogP contribution in [0, 0.1) is 5.92 Å². The molecule has 0 saturated heterocycles. The van der Waals surface area contributed by atoms with Crippen LogP contribution in [0.2, 0.25) is 18.1 Å². The van der Waals surface area contributed by atoms with Crippen LogP contribution in [0.5, 0.6) is 5.75 Å². The minimum absolute atomic E-state index is 0.132. The zero-order valence-electron chi connectivity index (χ0n) is 20.5. The summed E-state index contributed by atoms with van der Waals surface area (Å²) in [5.41, 5.74) is 2.16. The third-order valence-corrected chi connectivity index (χ3v) is 10.6. The topological polar surface area (TPSA) is 44.8 Å². The summed E-state index contributed by atoms with van der Waals surface area (Å²) in [6.07, 6.45) is 3.41. The highest BCUT2D eigenvalue weighted by Crippen LogP contribution is 2.37. The van der Waals surface area contributed by atoms with Crippen molar-refractivity contribution in [2.24, 2.45) is 5.92 Å². The molecular weight excluding hydrogens is 392 g/mol. The Morgan fingerprint density at radius 2 is 1.73 bits per heavy atom. The Labute approximate surface area is 185 Å².